The number of nitrogens with two attached hydrogens (primary N) is 1. The Morgan fingerprint density at radius 1 is 1.40 bits per heavy atom. The van der Waals surface area contributed by atoms with E-state index in [0.29, 0.717) is 4.99 Å². The molecule has 1 atom stereocenters. The van der Waals surface area contributed by atoms with E-state index in [0.717, 1.165) is 24.3 Å². The van der Waals surface area contributed by atoms with E-state index in [4.69, 9.17) is 18.0 Å². The SMILES string of the molecule is Cc1cc(CN(C)CC(C)C(N)=S)c2ccccc2n1. The molecule has 0 aliphatic rings. The van der Waals surface area contributed by atoms with Crippen molar-refractivity contribution < 1.29 is 0 Å². The maximum Gasteiger partial charge on any atom is 0.0768 e. The Hall–Kier alpha value is -1.52. The number of rotatable bonds is 5. The summed E-state index contributed by atoms with van der Waals surface area (Å²) < 4.78 is 0. The molecule has 0 spiro atoms. The van der Waals surface area contributed by atoms with Crippen LogP contribution in [0, 0.1) is 12.8 Å². The van der Waals surface area contributed by atoms with Gasteiger partial charge in [-0.3, -0.25) is 4.98 Å². The summed E-state index contributed by atoms with van der Waals surface area (Å²) in [6, 6.07) is 10.4. The number of thiocarbonyl (C=S) groups is 1. The quantitative estimate of drug-likeness (QED) is 0.859. The fourth-order valence-electron chi connectivity index (χ4n) is 2.44. The molecular weight excluding hydrogens is 266 g/mol. The molecule has 1 aromatic carbocycles. The van der Waals surface area contributed by atoms with Crippen LogP contribution < -0.4 is 5.73 Å². The van der Waals surface area contributed by atoms with Crippen LogP contribution in [0.4, 0.5) is 0 Å². The van der Waals surface area contributed by atoms with Crippen LogP contribution in [0.5, 0.6) is 0 Å². The molecule has 1 heterocycles. The van der Waals surface area contributed by atoms with Gasteiger partial charge in [-0.1, -0.05) is 37.3 Å². The molecule has 0 saturated carbocycles. The zero-order valence-electron chi connectivity index (χ0n) is 12.3. The highest BCUT2D eigenvalue weighted by molar-refractivity contribution is 7.80. The van der Waals surface area contributed by atoms with Gasteiger partial charge in [-0.05, 0) is 31.7 Å². The van der Waals surface area contributed by atoms with Crippen molar-refractivity contribution in [2.75, 3.05) is 13.6 Å². The van der Waals surface area contributed by atoms with Crippen molar-refractivity contribution in [3.05, 3.63) is 41.6 Å². The van der Waals surface area contributed by atoms with Crippen molar-refractivity contribution >= 4 is 28.1 Å². The number of hydrogen-bond donors (Lipinski definition) is 1. The summed E-state index contributed by atoms with van der Waals surface area (Å²) in [7, 11) is 2.10. The second-order valence-corrected chi connectivity index (χ2v) is 5.91. The van der Waals surface area contributed by atoms with Crippen molar-refractivity contribution in [3.63, 3.8) is 0 Å². The van der Waals surface area contributed by atoms with Crippen LogP contribution in [0.2, 0.25) is 0 Å². The highest BCUT2D eigenvalue weighted by Gasteiger charge is 2.11. The summed E-state index contributed by atoms with van der Waals surface area (Å²) in [5, 5.41) is 1.22. The predicted octanol–water partition coefficient (Wildman–Crippen LogP) is 2.90. The minimum absolute atomic E-state index is 0.226. The summed E-state index contributed by atoms with van der Waals surface area (Å²) in [5.74, 6) is 0.226. The van der Waals surface area contributed by atoms with Gasteiger partial charge in [-0.2, -0.15) is 0 Å². The molecule has 1 aromatic heterocycles. The lowest BCUT2D eigenvalue weighted by atomic mass is 10.1. The second kappa shape index (κ2) is 6.29. The second-order valence-electron chi connectivity index (χ2n) is 5.44. The third kappa shape index (κ3) is 3.52. The Kier molecular flexibility index (Phi) is 4.68. The lowest BCUT2D eigenvalue weighted by Gasteiger charge is -2.21. The van der Waals surface area contributed by atoms with E-state index >= 15 is 0 Å². The van der Waals surface area contributed by atoms with Gasteiger partial charge >= 0.3 is 0 Å². The summed E-state index contributed by atoms with van der Waals surface area (Å²) in [6.07, 6.45) is 0. The zero-order valence-corrected chi connectivity index (χ0v) is 13.1. The lowest BCUT2D eigenvalue weighted by Crippen LogP contribution is -2.31. The van der Waals surface area contributed by atoms with Crippen molar-refractivity contribution in [1.82, 2.24) is 9.88 Å². The van der Waals surface area contributed by atoms with Gasteiger partial charge in [0.1, 0.15) is 0 Å². The topological polar surface area (TPSA) is 42.1 Å². The average Bonchev–Trinajstić information content (AvgIpc) is 2.38. The van der Waals surface area contributed by atoms with Gasteiger partial charge in [-0.15, -0.1) is 0 Å². The van der Waals surface area contributed by atoms with E-state index in [1.807, 2.05) is 13.0 Å². The summed E-state index contributed by atoms with van der Waals surface area (Å²) in [5.41, 5.74) is 9.09. The predicted molar refractivity (Wildman–Crippen MR) is 88.8 cm³/mol. The number of para-hydroxylation sites is 1. The largest absolute Gasteiger partial charge is 0.393 e. The minimum Gasteiger partial charge on any atom is -0.393 e. The molecule has 106 valence electrons. The van der Waals surface area contributed by atoms with Gasteiger partial charge in [0.05, 0.1) is 10.5 Å². The van der Waals surface area contributed by atoms with Crippen molar-refractivity contribution in [2.45, 2.75) is 20.4 Å². The monoisotopic (exact) mass is 287 g/mol. The zero-order chi connectivity index (χ0) is 14.7. The fraction of sp³-hybridized carbons (Fsp3) is 0.375. The van der Waals surface area contributed by atoms with Gasteiger partial charge in [0.15, 0.2) is 0 Å². The Morgan fingerprint density at radius 3 is 2.80 bits per heavy atom. The molecule has 3 nitrogen and oxygen atoms in total. The van der Waals surface area contributed by atoms with Crippen LogP contribution in [-0.4, -0.2) is 28.5 Å². The fourth-order valence-corrected chi connectivity index (χ4v) is 2.51. The molecule has 2 aromatic rings. The first-order valence-electron chi connectivity index (χ1n) is 6.80. The first-order valence-corrected chi connectivity index (χ1v) is 7.21. The first-order chi connectivity index (χ1) is 9.47. The molecule has 0 radical (unpaired) electrons. The highest BCUT2D eigenvalue weighted by atomic mass is 32.1. The minimum atomic E-state index is 0.226. The molecular formula is C16H21N3S. The van der Waals surface area contributed by atoms with Crippen molar-refractivity contribution in [2.24, 2.45) is 11.7 Å². The molecule has 0 amide bonds. The molecule has 20 heavy (non-hydrogen) atoms. The number of benzene rings is 1. The van der Waals surface area contributed by atoms with Crippen molar-refractivity contribution in [3.8, 4) is 0 Å². The van der Waals surface area contributed by atoms with E-state index < -0.39 is 0 Å². The van der Waals surface area contributed by atoms with Gasteiger partial charge in [0, 0.05) is 30.1 Å². The maximum atomic E-state index is 5.69. The van der Waals surface area contributed by atoms with E-state index in [9.17, 15) is 0 Å². The molecule has 4 heteroatoms. The number of aromatic nitrogens is 1. The van der Waals surface area contributed by atoms with Crippen LogP contribution in [-0.2, 0) is 6.54 Å². The molecule has 0 saturated heterocycles. The number of hydrogen-bond acceptors (Lipinski definition) is 3. The van der Waals surface area contributed by atoms with Crippen LogP contribution in [0.3, 0.4) is 0 Å². The van der Waals surface area contributed by atoms with Crippen LogP contribution >= 0.6 is 12.2 Å². The number of pyridine rings is 1. The van der Waals surface area contributed by atoms with E-state index in [2.05, 4.69) is 48.1 Å². The van der Waals surface area contributed by atoms with Crippen LogP contribution in [0.1, 0.15) is 18.2 Å². The summed E-state index contributed by atoms with van der Waals surface area (Å²) in [6.45, 7) is 5.84. The molecule has 1 unspecified atom stereocenters. The Balaban J connectivity index is 2.23. The summed E-state index contributed by atoms with van der Waals surface area (Å²) >= 11 is 5.04. The Labute approximate surface area is 125 Å². The summed E-state index contributed by atoms with van der Waals surface area (Å²) in [4.78, 5) is 7.40. The average molecular weight is 287 g/mol. The molecule has 0 bridgehead atoms. The van der Waals surface area contributed by atoms with E-state index in [-0.39, 0.29) is 5.92 Å². The smallest absolute Gasteiger partial charge is 0.0768 e. The molecule has 2 N–H and O–H groups in total. The molecule has 2 rings (SSSR count). The van der Waals surface area contributed by atoms with Gasteiger partial charge in [0.25, 0.3) is 0 Å². The molecule has 0 aliphatic carbocycles. The first kappa shape index (κ1) is 14.9. The standard InChI is InChI=1S/C16H21N3S/c1-11(16(17)20)9-19(3)10-13-8-12(2)18-15-7-5-4-6-14(13)15/h4-8,11H,9-10H2,1-3H3,(H2,17,20). The third-order valence-electron chi connectivity index (χ3n) is 3.44. The van der Waals surface area contributed by atoms with Gasteiger partial charge in [0.2, 0.25) is 0 Å². The number of aryl methyl sites for hydroxylation is 1. The third-order valence-corrected chi connectivity index (χ3v) is 3.84. The number of fused-ring (bicyclic) bond motifs is 1. The lowest BCUT2D eigenvalue weighted by molar-refractivity contribution is 0.308. The van der Waals surface area contributed by atoms with Crippen LogP contribution in [0.25, 0.3) is 10.9 Å². The molecule has 0 aliphatic heterocycles. The van der Waals surface area contributed by atoms with E-state index in [1.165, 1.54) is 10.9 Å². The Bertz CT molecular complexity index is 624. The normalized spacial score (nSPS) is 12.8. The Morgan fingerprint density at radius 2 is 2.10 bits per heavy atom. The number of nitrogens with zero attached hydrogens (tertiary/aromatic N) is 2. The van der Waals surface area contributed by atoms with Crippen LogP contribution in [0.15, 0.2) is 30.3 Å². The van der Waals surface area contributed by atoms with Gasteiger partial charge in [-0.25, -0.2) is 0 Å². The van der Waals surface area contributed by atoms with Gasteiger partial charge < -0.3 is 10.6 Å². The maximum absolute atomic E-state index is 5.69. The molecule has 0 fully saturated rings. The van der Waals surface area contributed by atoms with E-state index in [1.54, 1.807) is 0 Å². The van der Waals surface area contributed by atoms with Crippen molar-refractivity contribution in [1.29, 1.82) is 0 Å². The highest BCUT2D eigenvalue weighted by Crippen LogP contribution is 2.19.